The maximum absolute atomic E-state index is 12.3. The fourth-order valence-electron chi connectivity index (χ4n) is 3.57. The van der Waals surface area contributed by atoms with Crippen molar-refractivity contribution in [3.05, 3.63) is 35.4 Å². The van der Waals surface area contributed by atoms with Gasteiger partial charge in [-0.1, -0.05) is 38.8 Å². The van der Waals surface area contributed by atoms with Crippen molar-refractivity contribution in [1.29, 1.82) is 5.26 Å². The van der Waals surface area contributed by atoms with Crippen LogP contribution in [0.5, 0.6) is 0 Å². The Labute approximate surface area is 146 Å². The number of unbranched alkanes of at least 4 members (excludes halogenated alkanes) is 1. The lowest BCUT2D eigenvalue weighted by Gasteiger charge is -2.34. The molecule has 130 valence electrons. The molecule has 0 aromatic heterocycles. The Morgan fingerprint density at radius 2 is 1.88 bits per heavy atom. The molecule has 3 nitrogen and oxygen atoms in total. The van der Waals surface area contributed by atoms with Gasteiger partial charge in [0.2, 0.25) is 0 Å². The van der Waals surface area contributed by atoms with Crippen LogP contribution in [0.2, 0.25) is 0 Å². The highest BCUT2D eigenvalue weighted by atomic mass is 16.5. The Morgan fingerprint density at radius 1 is 1.21 bits per heavy atom. The maximum atomic E-state index is 12.3. The van der Waals surface area contributed by atoms with Crippen molar-refractivity contribution >= 4 is 5.97 Å². The van der Waals surface area contributed by atoms with Gasteiger partial charge in [-0.2, -0.15) is 5.26 Å². The first-order valence-electron chi connectivity index (χ1n) is 9.33. The van der Waals surface area contributed by atoms with E-state index in [1.54, 1.807) is 0 Å². The van der Waals surface area contributed by atoms with Crippen LogP contribution in [-0.2, 0) is 11.2 Å². The third kappa shape index (κ3) is 4.84. The monoisotopic (exact) mass is 327 g/mol. The number of aryl methyl sites for hydroxylation is 1. The summed E-state index contributed by atoms with van der Waals surface area (Å²) in [5, 5.41) is 9.45. The van der Waals surface area contributed by atoms with Gasteiger partial charge in [-0.05, 0) is 62.6 Å². The lowest BCUT2D eigenvalue weighted by molar-refractivity contribution is 0.0106. The number of ether oxygens (including phenoxy) is 1. The minimum absolute atomic E-state index is 0.0457. The zero-order chi connectivity index (χ0) is 17.4. The number of carbonyl (C=O) groups excluding carboxylic acids is 1. The molecule has 1 aliphatic rings. The number of rotatable bonds is 7. The molecule has 0 aliphatic heterocycles. The summed E-state index contributed by atoms with van der Waals surface area (Å²) in [5.41, 5.74) is 1.70. The molecular formula is C21H29NO2. The SMILES string of the molecule is CCCCc1ccc(C(=O)O[C@H]2CC[C@](C#N)(CCC)CC2)cc1. The fraction of sp³-hybridized carbons (Fsp3) is 0.619. The lowest BCUT2D eigenvalue weighted by atomic mass is 9.71. The van der Waals surface area contributed by atoms with Gasteiger partial charge >= 0.3 is 5.97 Å². The Morgan fingerprint density at radius 3 is 2.42 bits per heavy atom. The summed E-state index contributed by atoms with van der Waals surface area (Å²) in [6.45, 7) is 4.30. The van der Waals surface area contributed by atoms with E-state index in [-0.39, 0.29) is 17.5 Å². The quantitative estimate of drug-likeness (QED) is 0.627. The topological polar surface area (TPSA) is 50.1 Å². The van der Waals surface area contributed by atoms with Crippen molar-refractivity contribution in [2.45, 2.75) is 77.7 Å². The number of nitrogens with zero attached hydrogens (tertiary/aromatic N) is 1. The molecule has 1 fully saturated rings. The smallest absolute Gasteiger partial charge is 0.338 e. The van der Waals surface area contributed by atoms with Crippen LogP contribution >= 0.6 is 0 Å². The molecule has 0 atom stereocenters. The Hall–Kier alpha value is -1.82. The Balaban J connectivity index is 1.86. The number of hydrogen-bond acceptors (Lipinski definition) is 3. The standard InChI is InChI=1S/C21H29NO2/c1-3-5-6-17-7-9-18(10-8-17)20(23)24-19-11-14-21(16-22,13-4-2)15-12-19/h7-10,19H,3-6,11-15H2,1-2H3/t19-,21+. The molecule has 1 aliphatic carbocycles. The average Bonchev–Trinajstić information content (AvgIpc) is 2.62. The fourth-order valence-corrected chi connectivity index (χ4v) is 3.57. The zero-order valence-electron chi connectivity index (χ0n) is 15.0. The molecule has 0 N–H and O–H groups in total. The van der Waals surface area contributed by atoms with Crippen LogP contribution in [0.4, 0.5) is 0 Å². The molecule has 0 heterocycles. The molecule has 0 radical (unpaired) electrons. The van der Waals surface area contributed by atoms with Gasteiger partial charge in [0.25, 0.3) is 0 Å². The van der Waals surface area contributed by atoms with Gasteiger partial charge in [0.05, 0.1) is 17.0 Å². The van der Waals surface area contributed by atoms with Crippen molar-refractivity contribution in [3.8, 4) is 6.07 Å². The van der Waals surface area contributed by atoms with Gasteiger partial charge in [0, 0.05) is 0 Å². The largest absolute Gasteiger partial charge is 0.459 e. The van der Waals surface area contributed by atoms with Crippen LogP contribution in [-0.4, -0.2) is 12.1 Å². The normalized spacial score (nSPS) is 23.5. The second-order valence-electron chi connectivity index (χ2n) is 7.05. The summed E-state index contributed by atoms with van der Waals surface area (Å²) in [4.78, 5) is 12.3. The second-order valence-corrected chi connectivity index (χ2v) is 7.05. The summed E-state index contributed by atoms with van der Waals surface area (Å²) in [5.74, 6) is -0.234. The first kappa shape index (κ1) is 18.5. The van der Waals surface area contributed by atoms with E-state index in [2.05, 4.69) is 19.9 Å². The number of benzene rings is 1. The van der Waals surface area contributed by atoms with Crippen LogP contribution in [0, 0.1) is 16.7 Å². The van der Waals surface area contributed by atoms with E-state index in [9.17, 15) is 10.1 Å². The van der Waals surface area contributed by atoms with E-state index < -0.39 is 0 Å². The van der Waals surface area contributed by atoms with E-state index in [1.807, 2.05) is 24.3 Å². The minimum Gasteiger partial charge on any atom is -0.459 e. The molecule has 1 aromatic carbocycles. The molecule has 1 aromatic rings. The Bertz CT molecular complexity index is 562. The zero-order valence-corrected chi connectivity index (χ0v) is 15.0. The molecule has 0 unspecified atom stereocenters. The molecule has 2 rings (SSSR count). The van der Waals surface area contributed by atoms with Gasteiger partial charge in [-0.3, -0.25) is 0 Å². The van der Waals surface area contributed by atoms with Crippen molar-refractivity contribution < 1.29 is 9.53 Å². The van der Waals surface area contributed by atoms with E-state index in [4.69, 9.17) is 4.74 Å². The van der Waals surface area contributed by atoms with Gasteiger partial charge < -0.3 is 4.74 Å². The number of carbonyl (C=O) groups is 1. The van der Waals surface area contributed by atoms with Crippen LogP contribution in [0.1, 0.15) is 81.1 Å². The third-order valence-electron chi connectivity index (χ3n) is 5.14. The number of hydrogen-bond donors (Lipinski definition) is 0. The van der Waals surface area contributed by atoms with Gasteiger partial charge in [-0.15, -0.1) is 0 Å². The predicted molar refractivity (Wildman–Crippen MR) is 95.7 cm³/mol. The van der Waals surface area contributed by atoms with E-state index in [0.717, 1.165) is 44.9 Å². The van der Waals surface area contributed by atoms with Crippen molar-refractivity contribution in [3.63, 3.8) is 0 Å². The molecule has 24 heavy (non-hydrogen) atoms. The van der Waals surface area contributed by atoms with Gasteiger partial charge in [-0.25, -0.2) is 4.79 Å². The van der Waals surface area contributed by atoms with Crippen LogP contribution < -0.4 is 0 Å². The first-order valence-corrected chi connectivity index (χ1v) is 9.33. The average molecular weight is 327 g/mol. The lowest BCUT2D eigenvalue weighted by Crippen LogP contribution is -2.31. The third-order valence-corrected chi connectivity index (χ3v) is 5.14. The van der Waals surface area contributed by atoms with Crippen LogP contribution in [0.15, 0.2) is 24.3 Å². The van der Waals surface area contributed by atoms with Crippen molar-refractivity contribution in [1.82, 2.24) is 0 Å². The second kappa shape index (κ2) is 8.87. The summed E-state index contributed by atoms with van der Waals surface area (Å²) >= 11 is 0. The molecule has 0 amide bonds. The molecule has 0 saturated heterocycles. The van der Waals surface area contributed by atoms with Crippen LogP contribution in [0.3, 0.4) is 0 Å². The summed E-state index contributed by atoms with van der Waals surface area (Å²) in [6, 6.07) is 10.3. The molecular weight excluding hydrogens is 298 g/mol. The van der Waals surface area contributed by atoms with Crippen molar-refractivity contribution in [2.75, 3.05) is 0 Å². The highest BCUT2D eigenvalue weighted by Crippen LogP contribution is 2.40. The number of nitriles is 1. The highest BCUT2D eigenvalue weighted by Gasteiger charge is 2.36. The van der Waals surface area contributed by atoms with Gasteiger partial charge in [0.1, 0.15) is 6.10 Å². The van der Waals surface area contributed by atoms with E-state index in [0.29, 0.717) is 5.56 Å². The van der Waals surface area contributed by atoms with Crippen LogP contribution in [0.25, 0.3) is 0 Å². The molecule has 3 heteroatoms. The summed E-state index contributed by atoms with van der Waals surface area (Å²) < 4.78 is 5.67. The number of esters is 1. The molecule has 1 saturated carbocycles. The highest BCUT2D eigenvalue weighted by molar-refractivity contribution is 5.89. The summed E-state index contributed by atoms with van der Waals surface area (Å²) in [7, 11) is 0. The van der Waals surface area contributed by atoms with E-state index >= 15 is 0 Å². The molecule has 0 spiro atoms. The van der Waals surface area contributed by atoms with E-state index in [1.165, 1.54) is 18.4 Å². The maximum Gasteiger partial charge on any atom is 0.338 e. The minimum atomic E-state index is -0.234. The Kier molecular flexibility index (Phi) is 6.85. The summed E-state index contributed by atoms with van der Waals surface area (Å²) in [6.07, 6.45) is 8.61. The van der Waals surface area contributed by atoms with Crippen molar-refractivity contribution in [2.24, 2.45) is 5.41 Å². The molecule has 0 bridgehead atoms. The van der Waals surface area contributed by atoms with Gasteiger partial charge in [0.15, 0.2) is 0 Å². The predicted octanol–water partition coefficient (Wildman–Crippen LogP) is 5.44. The first-order chi connectivity index (χ1) is 11.6.